The maximum atomic E-state index is 3.77. The summed E-state index contributed by atoms with van der Waals surface area (Å²) < 4.78 is 0. The van der Waals surface area contributed by atoms with Crippen molar-refractivity contribution in [2.24, 2.45) is 5.92 Å². The lowest BCUT2D eigenvalue weighted by atomic mass is 9.89. The van der Waals surface area contributed by atoms with Crippen LogP contribution in [-0.4, -0.2) is 48.6 Å². The van der Waals surface area contributed by atoms with Crippen LogP contribution in [0.2, 0.25) is 0 Å². The smallest absolute Gasteiger partial charge is 0.0337 e. The minimum Gasteiger partial charge on any atom is -0.313 e. The molecule has 1 N–H and O–H groups in total. The Balaban J connectivity index is 2.53. The molecule has 3 atom stereocenters. The van der Waals surface area contributed by atoms with E-state index in [-0.39, 0.29) is 0 Å². The SMILES string of the molecule is CCCCC(CC)CC(NCC)C1CSCCN1C. The largest absolute Gasteiger partial charge is 0.313 e. The summed E-state index contributed by atoms with van der Waals surface area (Å²) in [5.41, 5.74) is 0. The molecule has 1 saturated heterocycles. The first-order valence-corrected chi connectivity index (χ1v) is 9.39. The van der Waals surface area contributed by atoms with Gasteiger partial charge in [-0.2, -0.15) is 11.8 Å². The highest BCUT2D eigenvalue weighted by Gasteiger charge is 2.28. The summed E-state index contributed by atoms with van der Waals surface area (Å²) in [7, 11) is 2.31. The summed E-state index contributed by atoms with van der Waals surface area (Å²) in [5.74, 6) is 3.52. The standard InChI is InChI=1S/C16H34N2S/c1-5-8-9-14(6-2)12-15(17-7-3)16-13-19-11-10-18(16)4/h14-17H,5-13H2,1-4H3. The van der Waals surface area contributed by atoms with Gasteiger partial charge in [-0.15, -0.1) is 0 Å². The number of thioether (sulfide) groups is 1. The van der Waals surface area contributed by atoms with Crippen LogP contribution in [0, 0.1) is 5.92 Å². The van der Waals surface area contributed by atoms with Crippen molar-refractivity contribution in [1.29, 1.82) is 0 Å². The van der Waals surface area contributed by atoms with Gasteiger partial charge in [-0.3, -0.25) is 0 Å². The van der Waals surface area contributed by atoms with Crippen LogP contribution >= 0.6 is 11.8 Å². The van der Waals surface area contributed by atoms with E-state index in [0.717, 1.165) is 18.5 Å². The molecule has 1 heterocycles. The molecule has 1 aliphatic rings. The first-order valence-electron chi connectivity index (χ1n) is 8.24. The minimum atomic E-state index is 0.685. The van der Waals surface area contributed by atoms with E-state index >= 15 is 0 Å². The molecule has 0 spiro atoms. The molecule has 19 heavy (non-hydrogen) atoms. The van der Waals surface area contributed by atoms with Crippen LogP contribution in [0.15, 0.2) is 0 Å². The van der Waals surface area contributed by atoms with Crippen LogP contribution in [-0.2, 0) is 0 Å². The molecular weight excluding hydrogens is 252 g/mol. The molecule has 0 aromatic carbocycles. The van der Waals surface area contributed by atoms with Crippen LogP contribution in [0.25, 0.3) is 0 Å². The molecule has 114 valence electrons. The monoisotopic (exact) mass is 286 g/mol. The molecule has 0 aliphatic carbocycles. The number of nitrogens with zero attached hydrogens (tertiary/aromatic N) is 1. The predicted molar refractivity (Wildman–Crippen MR) is 89.1 cm³/mol. The maximum absolute atomic E-state index is 3.77. The Bertz CT molecular complexity index is 223. The van der Waals surface area contributed by atoms with E-state index in [0.29, 0.717) is 6.04 Å². The van der Waals surface area contributed by atoms with Crippen molar-refractivity contribution < 1.29 is 0 Å². The summed E-state index contributed by atoms with van der Waals surface area (Å²) in [6.45, 7) is 9.27. The summed E-state index contributed by atoms with van der Waals surface area (Å²) in [6.07, 6.45) is 6.85. The van der Waals surface area contributed by atoms with Crippen molar-refractivity contribution in [2.45, 2.75) is 65.0 Å². The van der Waals surface area contributed by atoms with E-state index in [1.165, 1.54) is 50.2 Å². The molecule has 0 saturated carbocycles. The van der Waals surface area contributed by atoms with Crippen molar-refractivity contribution >= 4 is 11.8 Å². The highest BCUT2D eigenvalue weighted by Crippen LogP contribution is 2.25. The van der Waals surface area contributed by atoms with Crippen molar-refractivity contribution in [1.82, 2.24) is 10.2 Å². The number of hydrogen-bond donors (Lipinski definition) is 1. The van der Waals surface area contributed by atoms with Gasteiger partial charge in [-0.05, 0) is 25.9 Å². The Morgan fingerprint density at radius 3 is 2.68 bits per heavy atom. The maximum Gasteiger partial charge on any atom is 0.0337 e. The van der Waals surface area contributed by atoms with Gasteiger partial charge >= 0.3 is 0 Å². The normalized spacial score (nSPS) is 24.3. The second-order valence-electron chi connectivity index (χ2n) is 5.94. The zero-order valence-corrected chi connectivity index (χ0v) is 14.3. The van der Waals surface area contributed by atoms with Crippen LogP contribution in [0.3, 0.4) is 0 Å². The highest BCUT2D eigenvalue weighted by molar-refractivity contribution is 7.99. The quantitative estimate of drug-likeness (QED) is 0.697. The van der Waals surface area contributed by atoms with E-state index < -0.39 is 0 Å². The third kappa shape index (κ3) is 6.05. The van der Waals surface area contributed by atoms with E-state index in [9.17, 15) is 0 Å². The number of nitrogens with one attached hydrogen (secondary N) is 1. The average Bonchev–Trinajstić information content (AvgIpc) is 2.43. The van der Waals surface area contributed by atoms with E-state index in [4.69, 9.17) is 0 Å². The van der Waals surface area contributed by atoms with Crippen LogP contribution < -0.4 is 5.32 Å². The molecule has 1 fully saturated rings. The van der Waals surface area contributed by atoms with Gasteiger partial charge < -0.3 is 10.2 Å². The minimum absolute atomic E-state index is 0.685. The number of hydrogen-bond acceptors (Lipinski definition) is 3. The number of likely N-dealkylation sites (N-methyl/N-ethyl adjacent to an activating group) is 2. The molecule has 3 heteroatoms. The lowest BCUT2D eigenvalue weighted by molar-refractivity contribution is 0.190. The number of rotatable bonds is 9. The summed E-state index contributed by atoms with van der Waals surface area (Å²) in [6, 6.07) is 1.42. The second-order valence-corrected chi connectivity index (χ2v) is 7.09. The van der Waals surface area contributed by atoms with E-state index in [2.05, 4.69) is 49.8 Å². The van der Waals surface area contributed by atoms with Crippen LogP contribution in [0.1, 0.15) is 52.9 Å². The fourth-order valence-corrected chi connectivity index (χ4v) is 4.42. The fourth-order valence-electron chi connectivity index (χ4n) is 3.11. The molecule has 3 unspecified atom stereocenters. The molecule has 1 rings (SSSR count). The average molecular weight is 287 g/mol. The van der Waals surface area contributed by atoms with Crippen molar-refractivity contribution in [3.05, 3.63) is 0 Å². The van der Waals surface area contributed by atoms with Gasteiger partial charge in [0.1, 0.15) is 0 Å². The topological polar surface area (TPSA) is 15.3 Å². The van der Waals surface area contributed by atoms with Gasteiger partial charge in [-0.1, -0.05) is 46.5 Å². The molecule has 1 aliphatic heterocycles. The second kappa shape index (κ2) is 10.1. The molecule has 0 aromatic rings. The molecule has 0 radical (unpaired) electrons. The predicted octanol–water partition coefficient (Wildman–Crippen LogP) is 3.62. The lowest BCUT2D eigenvalue weighted by Gasteiger charge is -2.39. The van der Waals surface area contributed by atoms with Gasteiger partial charge in [0.25, 0.3) is 0 Å². The Morgan fingerprint density at radius 2 is 2.11 bits per heavy atom. The summed E-state index contributed by atoms with van der Waals surface area (Å²) in [5, 5.41) is 3.77. The Kier molecular flexibility index (Phi) is 9.17. The Labute approximate surface area is 125 Å². The molecule has 0 amide bonds. The molecule has 0 aromatic heterocycles. The third-order valence-corrected chi connectivity index (χ3v) is 5.55. The van der Waals surface area contributed by atoms with Gasteiger partial charge in [0.2, 0.25) is 0 Å². The van der Waals surface area contributed by atoms with E-state index in [1.807, 2.05) is 0 Å². The summed E-state index contributed by atoms with van der Waals surface area (Å²) in [4.78, 5) is 2.58. The van der Waals surface area contributed by atoms with E-state index in [1.54, 1.807) is 0 Å². The highest BCUT2D eigenvalue weighted by atomic mass is 32.2. The number of unbranched alkanes of at least 4 members (excludes halogenated alkanes) is 1. The van der Waals surface area contributed by atoms with Crippen molar-refractivity contribution in [3.63, 3.8) is 0 Å². The van der Waals surface area contributed by atoms with Crippen LogP contribution in [0.5, 0.6) is 0 Å². The molecule has 2 nitrogen and oxygen atoms in total. The lowest BCUT2D eigenvalue weighted by Crippen LogP contribution is -2.53. The Hall–Kier alpha value is 0.270. The zero-order valence-electron chi connectivity index (χ0n) is 13.5. The first kappa shape index (κ1) is 17.3. The molecule has 0 bridgehead atoms. The van der Waals surface area contributed by atoms with Crippen LogP contribution in [0.4, 0.5) is 0 Å². The van der Waals surface area contributed by atoms with Gasteiger partial charge in [0.05, 0.1) is 0 Å². The summed E-state index contributed by atoms with van der Waals surface area (Å²) >= 11 is 2.13. The first-order chi connectivity index (χ1) is 9.22. The van der Waals surface area contributed by atoms with Gasteiger partial charge in [-0.25, -0.2) is 0 Å². The third-order valence-electron chi connectivity index (χ3n) is 4.50. The zero-order chi connectivity index (χ0) is 14.1. The Morgan fingerprint density at radius 1 is 1.32 bits per heavy atom. The van der Waals surface area contributed by atoms with Gasteiger partial charge in [0, 0.05) is 30.1 Å². The van der Waals surface area contributed by atoms with Crippen molar-refractivity contribution in [3.8, 4) is 0 Å². The van der Waals surface area contributed by atoms with Gasteiger partial charge in [0.15, 0.2) is 0 Å². The molecular formula is C16H34N2S. The fraction of sp³-hybridized carbons (Fsp3) is 1.00. The van der Waals surface area contributed by atoms with Crippen molar-refractivity contribution in [2.75, 3.05) is 31.6 Å².